The minimum absolute atomic E-state index is 0. The molecule has 2 N–H and O–H groups in total. The molecule has 0 fully saturated rings. The molecule has 1 aromatic carbocycles. The van der Waals surface area contributed by atoms with Crippen LogP contribution >= 0.6 is 22.9 Å². The topological polar surface area (TPSA) is 145 Å². The highest BCUT2D eigenvalue weighted by Crippen LogP contribution is 2.27. The fourth-order valence-corrected chi connectivity index (χ4v) is 4.17. The third-order valence-corrected chi connectivity index (χ3v) is 5.87. The van der Waals surface area contributed by atoms with Crippen LogP contribution in [0.3, 0.4) is 0 Å². The van der Waals surface area contributed by atoms with Gasteiger partial charge in [0, 0.05) is 18.3 Å². The third kappa shape index (κ3) is 5.88. The Kier molecular flexibility index (Phi) is 7.51. The van der Waals surface area contributed by atoms with E-state index in [2.05, 4.69) is 15.6 Å². The second kappa shape index (κ2) is 10.2. The van der Waals surface area contributed by atoms with Gasteiger partial charge in [0.25, 0.3) is 11.5 Å². The van der Waals surface area contributed by atoms with Gasteiger partial charge in [-0.25, -0.2) is 4.68 Å². The number of nitrogens with one attached hydrogen (secondary N) is 1. The third-order valence-electron chi connectivity index (χ3n) is 4.25. The number of rotatable bonds is 7. The number of pyridine rings is 1. The van der Waals surface area contributed by atoms with Crippen molar-refractivity contribution >= 4 is 39.2 Å². The van der Waals surface area contributed by atoms with Crippen molar-refractivity contribution in [1.29, 1.82) is 0 Å². The Morgan fingerprint density at radius 1 is 1.21 bits per heavy atom. The Balaban J connectivity index is 0.00000324. The molecule has 4 aromatic rings. The monoisotopic (exact) mass is 523 g/mol. The molecule has 0 bridgehead atoms. The highest BCUT2D eigenvalue weighted by atomic mass is 35.5. The lowest BCUT2D eigenvalue weighted by molar-refractivity contribution is 0.0954. The summed E-state index contributed by atoms with van der Waals surface area (Å²) >= 11 is 6.97. The molecule has 0 saturated carbocycles. The maximum Gasteiger partial charge on any atom is 0.446 e. The van der Waals surface area contributed by atoms with Gasteiger partial charge in [0.2, 0.25) is 0 Å². The number of aromatic nitrogens is 4. The van der Waals surface area contributed by atoms with Gasteiger partial charge < -0.3 is 9.50 Å². The highest BCUT2D eigenvalue weighted by Gasteiger charge is 2.17. The summed E-state index contributed by atoms with van der Waals surface area (Å²) in [4.78, 5) is 24.7. The van der Waals surface area contributed by atoms with Gasteiger partial charge in [-0.3, -0.25) is 18.7 Å². The van der Waals surface area contributed by atoms with Gasteiger partial charge in [-0.15, -0.1) is 16.4 Å². The molecule has 0 aliphatic carbocycles. The standard InChI is InChI=1S/C19H14ClN5O6S2.CH4/c20-17-7-6-16(32-17)19(27)21-10-12-11-25(23-22-12)14-5-4-13(9-15(14)31-33(28,29)30)24-8-2-1-3-18(24)26;/h1-9,11H,10H2,(H,21,27)(H,28,29,30);1H4. The molecular formula is C20H18ClN5O6S2. The highest BCUT2D eigenvalue weighted by molar-refractivity contribution is 7.81. The molecule has 4 rings (SSSR count). The number of thiophene rings is 1. The molecule has 34 heavy (non-hydrogen) atoms. The maximum absolute atomic E-state index is 12.2. The molecule has 0 aliphatic rings. The maximum atomic E-state index is 12.2. The smallest absolute Gasteiger partial charge is 0.359 e. The van der Waals surface area contributed by atoms with Crippen molar-refractivity contribution < 1.29 is 21.9 Å². The van der Waals surface area contributed by atoms with Crippen LogP contribution in [-0.4, -0.2) is 38.4 Å². The van der Waals surface area contributed by atoms with Gasteiger partial charge in [-0.05, 0) is 30.3 Å². The van der Waals surface area contributed by atoms with Crippen LogP contribution in [0.25, 0.3) is 11.4 Å². The van der Waals surface area contributed by atoms with E-state index in [-0.39, 0.29) is 36.9 Å². The summed E-state index contributed by atoms with van der Waals surface area (Å²) in [6, 6.07) is 12.0. The molecule has 14 heteroatoms. The fourth-order valence-electron chi connectivity index (χ4n) is 2.85. The largest absolute Gasteiger partial charge is 0.446 e. The lowest BCUT2D eigenvalue weighted by Gasteiger charge is -2.11. The lowest BCUT2D eigenvalue weighted by atomic mass is 10.2. The molecule has 0 aliphatic heterocycles. The van der Waals surface area contributed by atoms with E-state index in [1.807, 2.05) is 0 Å². The van der Waals surface area contributed by atoms with Gasteiger partial charge in [-0.1, -0.05) is 30.3 Å². The Hall–Kier alpha value is -3.52. The number of hydrogen-bond donors (Lipinski definition) is 2. The van der Waals surface area contributed by atoms with E-state index in [1.165, 1.54) is 45.9 Å². The first-order valence-electron chi connectivity index (χ1n) is 9.14. The summed E-state index contributed by atoms with van der Waals surface area (Å²) < 4.78 is 39.6. The Morgan fingerprint density at radius 3 is 2.68 bits per heavy atom. The van der Waals surface area contributed by atoms with Crippen LogP contribution in [0.4, 0.5) is 0 Å². The Morgan fingerprint density at radius 2 is 2.00 bits per heavy atom. The molecule has 0 atom stereocenters. The quantitative estimate of drug-likeness (QED) is 0.352. The van der Waals surface area contributed by atoms with Gasteiger partial charge in [0.05, 0.1) is 27.6 Å². The average Bonchev–Trinajstić information content (AvgIpc) is 3.40. The molecule has 0 radical (unpaired) electrons. The van der Waals surface area contributed by atoms with E-state index in [1.54, 1.807) is 24.3 Å². The Bertz CT molecular complexity index is 1490. The number of nitrogens with zero attached hydrogens (tertiary/aromatic N) is 4. The second-order valence-electron chi connectivity index (χ2n) is 6.51. The van der Waals surface area contributed by atoms with Crippen LogP contribution in [0.15, 0.2) is 65.7 Å². The van der Waals surface area contributed by atoms with E-state index >= 15 is 0 Å². The van der Waals surface area contributed by atoms with Gasteiger partial charge in [-0.2, -0.15) is 8.42 Å². The molecule has 3 heterocycles. The molecule has 3 aromatic heterocycles. The second-order valence-corrected chi connectivity index (χ2v) is 9.25. The Labute approximate surface area is 203 Å². The van der Waals surface area contributed by atoms with Crippen LogP contribution in [0.5, 0.6) is 5.75 Å². The first kappa shape index (κ1) is 25.1. The normalized spacial score (nSPS) is 11.0. The number of hydrogen-bond acceptors (Lipinski definition) is 8. The van der Waals surface area contributed by atoms with Crippen molar-refractivity contribution in [2.24, 2.45) is 0 Å². The van der Waals surface area contributed by atoms with Crippen molar-refractivity contribution in [3.8, 4) is 17.1 Å². The van der Waals surface area contributed by atoms with Crippen LogP contribution in [0, 0.1) is 0 Å². The van der Waals surface area contributed by atoms with Crippen molar-refractivity contribution in [1.82, 2.24) is 24.9 Å². The molecule has 11 nitrogen and oxygen atoms in total. The molecule has 0 unspecified atom stereocenters. The van der Waals surface area contributed by atoms with Gasteiger partial charge in [0.15, 0.2) is 5.75 Å². The van der Waals surface area contributed by atoms with Crippen molar-refractivity contribution in [2.75, 3.05) is 0 Å². The minimum Gasteiger partial charge on any atom is -0.359 e. The van der Waals surface area contributed by atoms with E-state index < -0.39 is 10.4 Å². The van der Waals surface area contributed by atoms with Crippen LogP contribution in [-0.2, 0) is 16.9 Å². The predicted molar refractivity (Wildman–Crippen MR) is 126 cm³/mol. The summed E-state index contributed by atoms with van der Waals surface area (Å²) in [6.45, 7) is 0.0420. The van der Waals surface area contributed by atoms with E-state index in [9.17, 15) is 22.6 Å². The number of amides is 1. The summed E-state index contributed by atoms with van der Waals surface area (Å²) in [6.07, 6.45) is 2.94. The van der Waals surface area contributed by atoms with E-state index in [4.69, 9.17) is 15.8 Å². The first-order chi connectivity index (χ1) is 15.7. The van der Waals surface area contributed by atoms with Gasteiger partial charge in [0.1, 0.15) is 11.4 Å². The zero-order valence-corrected chi connectivity index (χ0v) is 18.8. The number of halogens is 1. The number of benzene rings is 1. The molecular weight excluding hydrogens is 506 g/mol. The summed E-state index contributed by atoms with van der Waals surface area (Å²) in [5.74, 6) is -0.631. The van der Waals surface area contributed by atoms with Crippen molar-refractivity contribution in [3.05, 3.63) is 86.2 Å². The summed E-state index contributed by atoms with van der Waals surface area (Å²) in [7, 11) is -4.88. The molecule has 0 saturated heterocycles. The zero-order chi connectivity index (χ0) is 23.6. The first-order valence-corrected chi connectivity index (χ1v) is 11.7. The summed E-state index contributed by atoms with van der Waals surface area (Å²) in [5.41, 5.74) is 0.432. The van der Waals surface area contributed by atoms with Crippen LogP contribution in [0.2, 0.25) is 4.34 Å². The number of carbonyl (C=O) groups is 1. The molecule has 1 amide bonds. The minimum atomic E-state index is -4.88. The zero-order valence-electron chi connectivity index (χ0n) is 16.5. The average molecular weight is 524 g/mol. The molecule has 178 valence electrons. The van der Waals surface area contributed by atoms with Crippen LogP contribution < -0.4 is 15.1 Å². The van der Waals surface area contributed by atoms with E-state index in [0.717, 1.165) is 11.3 Å². The molecule has 0 spiro atoms. The van der Waals surface area contributed by atoms with Crippen molar-refractivity contribution in [2.45, 2.75) is 14.0 Å². The van der Waals surface area contributed by atoms with Gasteiger partial charge >= 0.3 is 10.4 Å². The van der Waals surface area contributed by atoms with E-state index in [0.29, 0.717) is 20.6 Å². The van der Waals surface area contributed by atoms with Crippen LogP contribution in [0.1, 0.15) is 22.8 Å². The predicted octanol–water partition coefficient (Wildman–Crippen LogP) is 2.88. The summed E-state index contributed by atoms with van der Waals surface area (Å²) in [5, 5.41) is 10.5. The number of carbonyl (C=O) groups excluding carboxylic acids is 1. The fraction of sp³-hybridized carbons (Fsp3) is 0.100. The SMILES string of the molecule is C.O=C(NCc1cn(-c2ccc(-n3ccccc3=O)cc2OS(=O)(=O)O)nn1)c1ccc(Cl)s1. The lowest BCUT2D eigenvalue weighted by Crippen LogP contribution is -2.21. The van der Waals surface area contributed by atoms with Crippen molar-refractivity contribution in [3.63, 3.8) is 0 Å².